The van der Waals surface area contributed by atoms with Crippen molar-refractivity contribution in [3.05, 3.63) is 64.2 Å². The average Bonchev–Trinajstić information content (AvgIpc) is 2.53. The van der Waals surface area contributed by atoms with E-state index >= 15 is 0 Å². The maximum absolute atomic E-state index is 11.8. The number of nitro benzene ring substituents is 1. The first-order valence-electron chi connectivity index (χ1n) is 7.45. The highest BCUT2D eigenvalue weighted by molar-refractivity contribution is 5.74. The van der Waals surface area contributed by atoms with Crippen LogP contribution >= 0.6 is 0 Å². The molecular weight excluding hydrogens is 310 g/mol. The van der Waals surface area contributed by atoms with E-state index in [0.717, 1.165) is 5.56 Å². The van der Waals surface area contributed by atoms with Gasteiger partial charge in [0.05, 0.1) is 4.92 Å². The van der Waals surface area contributed by atoms with Crippen LogP contribution in [0.4, 0.5) is 5.69 Å². The molecule has 0 aliphatic carbocycles. The summed E-state index contributed by atoms with van der Waals surface area (Å²) in [6.45, 7) is 5.86. The first-order valence-corrected chi connectivity index (χ1v) is 7.45. The molecule has 0 saturated carbocycles. The summed E-state index contributed by atoms with van der Waals surface area (Å²) in [7, 11) is 0. The van der Waals surface area contributed by atoms with Gasteiger partial charge >= 0.3 is 11.7 Å². The largest absolute Gasteiger partial charge is 0.475 e. The Hall–Kier alpha value is -2.89. The van der Waals surface area contributed by atoms with Crippen molar-refractivity contribution in [3.63, 3.8) is 0 Å². The molecule has 0 bridgehead atoms. The molecule has 0 atom stereocenters. The Balaban J connectivity index is 1.96. The first kappa shape index (κ1) is 17.5. The summed E-state index contributed by atoms with van der Waals surface area (Å²) < 4.78 is 10.4. The number of carbonyl (C=O) groups excluding carboxylic acids is 1. The molecule has 0 N–H and O–H groups in total. The Morgan fingerprint density at radius 2 is 1.71 bits per heavy atom. The fourth-order valence-electron chi connectivity index (χ4n) is 2.05. The van der Waals surface area contributed by atoms with Crippen molar-refractivity contribution in [3.8, 4) is 11.5 Å². The van der Waals surface area contributed by atoms with E-state index in [-0.39, 0.29) is 16.9 Å². The zero-order chi connectivity index (χ0) is 17.7. The molecule has 0 spiro atoms. The molecule has 24 heavy (non-hydrogen) atoms. The van der Waals surface area contributed by atoms with Gasteiger partial charge in [0.25, 0.3) is 0 Å². The normalized spacial score (nSPS) is 11.0. The van der Waals surface area contributed by atoms with Gasteiger partial charge in [0.1, 0.15) is 5.75 Å². The Kier molecular flexibility index (Phi) is 5.18. The highest BCUT2D eigenvalue weighted by Gasteiger charge is 2.16. The number of nitrogens with zero attached hydrogens (tertiary/aromatic N) is 1. The van der Waals surface area contributed by atoms with Crippen LogP contribution in [0.15, 0.2) is 48.5 Å². The van der Waals surface area contributed by atoms with Gasteiger partial charge in [-0.3, -0.25) is 10.1 Å². The van der Waals surface area contributed by atoms with Gasteiger partial charge in [0.2, 0.25) is 0 Å². The highest BCUT2D eigenvalue weighted by atomic mass is 16.6. The van der Waals surface area contributed by atoms with Crippen molar-refractivity contribution in [1.82, 2.24) is 0 Å². The maximum Gasteiger partial charge on any atom is 0.349 e. The molecule has 6 nitrogen and oxygen atoms in total. The third-order valence-electron chi connectivity index (χ3n) is 3.36. The third kappa shape index (κ3) is 4.55. The minimum absolute atomic E-state index is 0.0118. The molecule has 0 aliphatic heterocycles. The Morgan fingerprint density at radius 1 is 1.08 bits per heavy atom. The van der Waals surface area contributed by atoms with Crippen molar-refractivity contribution in [2.75, 3.05) is 6.61 Å². The van der Waals surface area contributed by atoms with Crippen LogP contribution in [0.5, 0.6) is 11.5 Å². The summed E-state index contributed by atoms with van der Waals surface area (Å²) in [5.41, 5.74) is 0.941. The molecule has 0 aliphatic rings. The standard InChI is InChI=1S/C18H19NO5/c1-18(2,3)13-8-10-14(11-9-13)24-17(20)12-23-16-7-5-4-6-15(16)19(21)22/h4-11H,12H2,1-3H3. The maximum atomic E-state index is 11.8. The van der Waals surface area contributed by atoms with E-state index in [1.54, 1.807) is 18.2 Å². The number of carbonyl (C=O) groups is 1. The predicted molar refractivity (Wildman–Crippen MR) is 89.4 cm³/mol. The van der Waals surface area contributed by atoms with Crippen LogP contribution in [0.25, 0.3) is 0 Å². The molecule has 0 saturated heterocycles. The Labute approximate surface area is 140 Å². The molecular formula is C18H19NO5. The molecule has 0 radical (unpaired) electrons. The molecule has 2 rings (SSSR count). The fourth-order valence-corrected chi connectivity index (χ4v) is 2.05. The lowest BCUT2D eigenvalue weighted by Crippen LogP contribution is -2.18. The summed E-state index contributed by atoms with van der Waals surface area (Å²) in [5, 5.41) is 10.9. The van der Waals surface area contributed by atoms with E-state index in [9.17, 15) is 14.9 Å². The van der Waals surface area contributed by atoms with Crippen LogP contribution in [0.1, 0.15) is 26.3 Å². The quantitative estimate of drug-likeness (QED) is 0.360. The summed E-state index contributed by atoms with van der Waals surface area (Å²) in [6.07, 6.45) is 0. The van der Waals surface area contributed by atoms with Crippen molar-refractivity contribution >= 4 is 11.7 Å². The third-order valence-corrected chi connectivity index (χ3v) is 3.36. The first-order chi connectivity index (χ1) is 11.3. The van der Waals surface area contributed by atoms with Gasteiger partial charge in [-0.05, 0) is 29.2 Å². The van der Waals surface area contributed by atoms with E-state index < -0.39 is 17.5 Å². The Bertz CT molecular complexity index is 732. The Morgan fingerprint density at radius 3 is 2.29 bits per heavy atom. The van der Waals surface area contributed by atoms with Crippen LogP contribution in [0, 0.1) is 10.1 Å². The molecule has 0 aromatic heterocycles. The molecule has 126 valence electrons. The highest BCUT2D eigenvalue weighted by Crippen LogP contribution is 2.26. The van der Waals surface area contributed by atoms with Crippen LogP contribution in [-0.2, 0) is 10.2 Å². The van der Waals surface area contributed by atoms with Gasteiger partial charge in [0.15, 0.2) is 12.4 Å². The number of rotatable bonds is 5. The zero-order valence-electron chi connectivity index (χ0n) is 13.8. The number of nitro groups is 1. The van der Waals surface area contributed by atoms with Gasteiger partial charge in [0, 0.05) is 6.07 Å². The van der Waals surface area contributed by atoms with Crippen molar-refractivity contribution < 1.29 is 19.2 Å². The molecule has 0 heterocycles. The van der Waals surface area contributed by atoms with Gasteiger partial charge < -0.3 is 9.47 Å². The lowest BCUT2D eigenvalue weighted by molar-refractivity contribution is -0.385. The second-order valence-corrected chi connectivity index (χ2v) is 6.26. The zero-order valence-corrected chi connectivity index (χ0v) is 13.8. The van der Waals surface area contributed by atoms with Crippen molar-refractivity contribution in [2.24, 2.45) is 0 Å². The summed E-state index contributed by atoms with van der Waals surface area (Å²) in [5.74, 6) is -0.196. The monoisotopic (exact) mass is 329 g/mol. The predicted octanol–water partition coefficient (Wildman–Crippen LogP) is 3.88. The van der Waals surface area contributed by atoms with E-state index in [2.05, 4.69) is 20.8 Å². The second kappa shape index (κ2) is 7.12. The molecule has 0 fully saturated rings. The fraction of sp³-hybridized carbons (Fsp3) is 0.278. The van der Waals surface area contributed by atoms with Crippen LogP contribution < -0.4 is 9.47 Å². The van der Waals surface area contributed by atoms with Gasteiger partial charge in [-0.2, -0.15) is 0 Å². The van der Waals surface area contributed by atoms with Crippen LogP contribution in [0.3, 0.4) is 0 Å². The van der Waals surface area contributed by atoms with Gasteiger partial charge in [-0.1, -0.05) is 45.0 Å². The van der Waals surface area contributed by atoms with E-state index in [1.165, 1.54) is 18.2 Å². The van der Waals surface area contributed by atoms with Crippen LogP contribution in [0.2, 0.25) is 0 Å². The van der Waals surface area contributed by atoms with E-state index in [0.29, 0.717) is 5.75 Å². The number of hydrogen-bond donors (Lipinski definition) is 0. The minimum atomic E-state index is -0.628. The smallest absolute Gasteiger partial charge is 0.349 e. The number of ether oxygens (including phenoxy) is 2. The number of esters is 1. The molecule has 0 amide bonds. The summed E-state index contributed by atoms with van der Waals surface area (Å²) >= 11 is 0. The average molecular weight is 329 g/mol. The number of benzene rings is 2. The lowest BCUT2D eigenvalue weighted by Gasteiger charge is -2.19. The number of hydrogen-bond acceptors (Lipinski definition) is 5. The topological polar surface area (TPSA) is 78.7 Å². The molecule has 2 aromatic carbocycles. The van der Waals surface area contributed by atoms with Crippen LogP contribution in [-0.4, -0.2) is 17.5 Å². The van der Waals surface area contributed by atoms with E-state index in [4.69, 9.17) is 9.47 Å². The SMILES string of the molecule is CC(C)(C)c1ccc(OC(=O)COc2ccccc2[N+](=O)[O-])cc1. The van der Waals surface area contributed by atoms with Gasteiger partial charge in [-0.15, -0.1) is 0 Å². The molecule has 6 heteroatoms. The van der Waals surface area contributed by atoms with Gasteiger partial charge in [-0.25, -0.2) is 4.79 Å². The second-order valence-electron chi connectivity index (χ2n) is 6.26. The van der Waals surface area contributed by atoms with E-state index in [1.807, 2.05) is 12.1 Å². The summed E-state index contributed by atoms with van der Waals surface area (Å²) in [6, 6.07) is 13.1. The summed E-state index contributed by atoms with van der Waals surface area (Å²) in [4.78, 5) is 22.1. The van der Waals surface area contributed by atoms with Crippen molar-refractivity contribution in [2.45, 2.75) is 26.2 Å². The number of para-hydroxylation sites is 2. The minimum Gasteiger partial charge on any atom is -0.475 e. The molecule has 0 unspecified atom stereocenters. The van der Waals surface area contributed by atoms with Crippen molar-refractivity contribution in [1.29, 1.82) is 0 Å². The molecule has 2 aromatic rings. The lowest BCUT2D eigenvalue weighted by atomic mass is 9.87.